The lowest BCUT2D eigenvalue weighted by Gasteiger charge is -2.18. The fourth-order valence-electron chi connectivity index (χ4n) is 1.88. The highest BCUT2D eigenvalue weighted by atomic mass is 16.3. The highest BCUT2D eigenvalue weighted by molar-refractivity contribution is 5.23. The summed E-state index contributed by atoms with van der Waals surface area (Å²) in [5, 5.41) is 28.3. The summed E-state index contributed by atoms with van der Waals surface area (Å²) in [6, 6.07) is 0.349. The molecule has 0 aliphatic heterocycles. The van der Waals surface area contributed by atoms with Gasteiger partial charge in [-0.2, -0.15) is 0 Å². The van der Waals surface area contributed by atoms with Gasteiger partial charge in [0.25, 0.3) is 5.56 Å². The molecule has 3 atom stereocenters. The molecule has 0 spiro atoms. The number of aromatic nitrogens is 2. The van der Waals surface area contributed by atoms with E-state index in [-0.39, 0.29) is 5.57 Å². The Kier molecular flexibility index (Phi) is 2.97. The van der Waals surface area contributed by atoms with Crippen molar-refractivity contribution in [1.29, 1.82) is 0 Å². The summed E-state index contributed by atoms with van der Waals surface area (Å²) in [5.74, 6) is 0. The number of rotatable bonds is 2. The summed E-state index contributed by atoms with van der Waals surface area (Å²) in [4.78, 5) is 24.4. The van der Waals surface area contributed by atoms with Crippen molar-refractivity contribution in [3.05, 3.63) is 44.8 Å². The monoisotopic (exact) mass is 240 g/mol. The van der Waals surface area contributed by atoms with Crippen LogP contribution in [0.4, 0.5) is 0 Å². The number of aliphatic hydroxyl groups is 3. The van der Waals surface area contributed by atoms with Gasteiger partial charge in [0.1, 0.15) is 12.2 Å². The molecule has 1 aliphatic rings. The third-order valence-electron chi connectivity index (χ3n) is 2.79. The van der Waals surface area contributed by atoms with Crippen LogP contribution in [0.1, 0.15) is 6.04 Å². The van der Waals surface area contributed by atoms with Crippen LogP contribution in [0.2, 0.25) is 0 Å². The summed E-state index contributed by atoms with van der Waals surface area (Å²) in [6.45, 7) is -0.396. The molecule has 7 nitrogen and oxygen atoms in total. The van der Waals surface area contributed by atoms with Gasteiger partial charge in [0.2, 0.25) is 0 Å². The molecule has 0 fully saturated rings. The van der Waals surface area contributed by atoms with E-state index in [1.807, 2.05) is 0 Å². The van der Waals surface area contributed by atoms with E-state index >= 15 is 0 Å². The first-order valence-electron chi connectivity index (χ1n) is 5.03. The van der Waals surface area contributed by atoms with Crippen LogP contribution < -0.4 is 11.2 Å². The molecule has 0 bridgehead atoms. The minimum atomic E-state index is -1.22. The Morgan fingerprint density at radius 1 is 1.35 bits per heavy atom. The van der Waals surface area contributed by atoms with Crippen LogP contribution in [0.5, 0.6) is 0 Å². The maximum Gasteiger partial charge on any atom is 0.328 e. The molecular formula is C10H12N2O5. The van der Waals surface area contributed by atoms with Crippen molar-refractivity contribution in [3.63, 3.8) is 0 Å². The maximum atomic E-state index is 11.5. The van der Waals surface area contributed by atoms with E-state index in [0.717, 1.165) is 10.6 Å². The smallest absolute Gasteiger partial charge is 0.328 e. The van der Waals surface area contributed by atoms with Crippen molar-refractivity contribution in [1.82, 2.24) is 9.55 Å². The summed E-state index contributed by atoms with van der Waals surface area (Å²) in [6.07, 6.45) is 0.220. The molecule has 2 rings (SSSR count). The molecule has 0 unspecified atom stereocenters. The van der Waals surface area contributed by atoms with Crippen LogP contribution >= 0.6 is 0 Å². The van der Waals surface area contributed by atoms with Crippen LogP contribution in [0.25, 0.3) is 0 Å². The van der Waals surface area contributed by atoms with E-state index in [2.05, 4.69) is 4.98 Å². The minimum absolute atomic E-state index is 0.251. The van der Waals surface area contributed by atoms with Gasteiger partial charge in [0.05, 0.1) is 12.6 Å². The number of H-pyrrole nitrogens is 1. The first-order valence-corrected chi connectivity index (χ1v) is 5.03. The Bertz CT molecular complexity index is 558. The van der Waals surface area contributed by atoms with Crippen molar-refractivity contribution in [2.45, 2.75) is 18.2 Å². The zero-order valence-corrected chi connectivity index (χ0v) is 8.78. The van der Waals surface area contributed by atoms with Crippen LogP contribution in [-0.2, 0) is 0 Å². The van der Waals surface area contributed by atoms with Gasteiger partial charge in [-0.15, -0.1) is 0 Å². The standard InChI is InChI=1S/C10H12N2O5/c13-4-5-3-6(9(16)8(5)15)12-2-1-7(14)11-10(12)17/h1-3,6,8-9,13,15-16H,4H2,(H,11,14,17)/t6-,8-,9+/m0/s1. The third-order valence-corrected chi connectivity index (χ3v) is 2.79. The lowest BCUT2D eigenvalue weighted by molar-refractivity contribution is 0.0271. The molecule has 0 saturated carbocycles. The van der Waals surface area contributed by atoms with E-state index in [4.69, 9.17) is 5.11 Å². The zero-order chi connectivity index (χ0) is 12.6. The van der Waals surface area contributed by atoms with Crippen molar-refractivity contribution >= 4 is 0 Å². The van der Waals surface area contributed by atoms with Gasteiger partial charge in [-0.25, -0.2) is 4.79 Å². The molecule has 1 heterocycles. The van der Waals surface area contributed by atoms with Crippen molar-refractivity contribution in [3.8, 4) is 0 Å². The van der Waals surface area contributed by atoms with E-state index in [1.54, 1.807) is 0 Å². The fraction of sp³-hybridized carbons (Fsp3) is 0.400. The van der Waals surface area contributed by atoms with Crippen molar-refractivity contribution in [2.75, 3.05) is 6.61 Å². The molecule has 0 saturated heterocycles. The van der Waals surface area contributed by atoms with Crippen LogP contribution in [0.3, 0.4) is 0 Å². The van der Waals surface area contributed by atoms with E-state index in [1.165, 1.54) is 12.3 Å². The first-order chi connectivity index (χ1) is 8.04. The average molecular weight is 240 g/mol. The van der Waals surface area contributed by atoms with Gasteiger partial charge >= 0.3 is 5.69 Å². The first kappa shape index (κ1) is 11.8. The molecule has 0 amide bonds. The molecule has 7 heteroatoms. The number of hydrogen-bond acceptors (Lipinski definition) is 5. The van der Waals surface area contributed by atoms with E-state index < -0.39 is 36.1 Å². The molecule has 1 aromatic heterocycles. The predicted octanol–water partition coefficient (Wildman–Crippen LogP) is -2.27. The number of hydrogen-bond donors (Lipinski definition) is 4. The minimum Gasteiger partial charge on any atom is -0.392 e. The predicted molar refractivity (Wildman–Crippen MR) is 57.5 cm³/mol. The topological polar surface area (TPSA) is 116 Å². The van der Waals surface area contributed by atoms with Gasteiger partial charge in [-0.05, 0) is 5.57 Å². The Hall–Kier alpha value is -1.70. The Morgan fingerprint density at radius 2 is 2.06 bits per heavy atom. The van der Waals surface area contributed by atoms with Crippen LogP contribution in [0, 0.1) is 0 Å². The molecule has 0 aromatic carbocycles. The fourth-order valence-corrected chi connectivity index (χ4v) is 1.88. The molecule has 4 N–H and O–H groups in total. The molecular weight excluding hydrogens is 228 g/mol. The van der Waals surface area contributed by atoms with Crippen LogP contribution in [-0.4, -0.2) is 43.7 Å². The largest absolute Gasteiger partial charge is 0.392 e. The average Bonchev–Trinajstić information content (AvgIpc) is 2.57. The van der Waals surface area contributed by atoms with Gasteiger partial charge in [-0.1, -0.05) is 6.08 Å². The zero-order valence-electron chi connectivity index (χ0n) is 8.78. The highest BCUT2D eigenvalue weighted by Crippen LogP contribution is 2.27. The summed E-state index contributed by atoms with van der Waals surface area (Å²) in [5.41, 5.74) is -0.963. The SMILES string of the molecule is O=c1ccn([C@H]2C=C(CO)[C@H](O)[C@@H]2O)c(=O)[nH]1. The lowest BCUT2D eigenvalue weighted by atomic mass is 10.1. The van der Waals surface area contributed by atoms with Gasteiger partial charge in [0.15, 0.2) is 0 Å². The normalized spacial score (nSPS) is 28.2. The second-order valence-electron chi connectivity index (χ2n) is 3.84. The summed E-state index contributed by atoms with van der Waals surface area (Å²) >= 11 is 0. The summed E-state index contributed by atoms with van der Waals surface area (Å²) < 4.78 is 1.10. The number of aromatic amines is 1. The lowest BCUT2D eigenvalue weighted by Crippen LogP contribution is -2.37. The van der Waals surface area contributed by atoms with Gasteiger partial charge in [-0.3, -0.25) is 14.3 Å². The van der Waals surface area contributed by atoms with Crippen molar-refractivity contribution < 1.29 is 15.3 Å². The maximum absolute atomic E-state index is 11.5. The number of aliphatic hydroxyl groups excluding tert-OH is 3. The van der Waals surface area contributed by atoms with E-state index in [0.29, 0.717) is 0 Å². The van der Waals surface area contributed by atoms with Crippen LogP contribution in [0.15, 0.2) is 33.5 Å². The third kappa shape index (κ3) is 1.95. The second-order valence-corrected chi connectivity index (χ2v) is 3.84. The Morgan fingerprint density at radius 3 is 2.59 bits per heavy atom. The highest BCUT2D eigenvalue weighted by Gasteiger charge is 2.35. The Labute approximate surface area is 95.3 Å². The molecule has 1 aliphatic carbocycles. The number of nitrogens with one attached hydrogen (secondary N) is 1. The molecule has 1 aromatic rings. The van der Waals surface area contributed by atoms with Gasteiger partial charge in [0, 0.05) is 12.3 Å². The quantitative estimate of drug-likeness (QED) is 0.435. The van der Waals surface area contributed by atoms with Gasteiger partial charge < -0.3 is 15.3 Å². The summed E-state index contributed by atoms with van der Waals surface area (Å²) in [7, 11) is 0. The number of nitrogens with zero attached hydrogens (tertiary/aromatic N) is 1. The van der Waals surface area contributed by atoms with E-state index in [9.17, 15) is 19.8 Å². The second kappa shape index (κ2) is 4.28. The molecule has 92 valence electrons. The molecule has 0 radical (unpaired) electrons. The molecule has 17 heavy (non-hydrogen) atoms. The van der Waals surface area contributed by atoms with Crippen molar-refractivity contribution in [2.24, 2.45) is 0 Å². The Balaban J connectivity index is 2.45.